The molecule has 1 N–H and O–H groups in total. The topological polar surface area (TPSA) is 96.0 Å². The Morgan fingerprint density at radius 2 is 1.65 bits per heavy atom. The fourth-order valence-corrected chi connectivity index (χ4v) is 5.72. The van der Waals surface area contributed by atoms with Gasteiger partial charge in [-0.3, -0.25) is 13.9 Å². The first-order valence-corrected chi connectivity index (χ1v) is 14.6. The number of aryl methyl sites for hydroxylation is 1. The number of halogens is 1. The number of ether oxygens (including phenoxy) is 1. The summed E-state index contributed by atoms with van der Waals surface area (Å²) < 4.78 is 34.2. The first-order chi connectivity index (χ1) is 18.7. The number of carbonyl (C=O) groups is 2. The fourth-order valence-electron chi connectivity index (χ4n) is 4.11. The van der Waals surface area contributed by atoms with Crippen molar-refractivity contribution in [3.05, 3.63) is 88.9 Å². The zero-order valence-electron chi connectivity index (χ0n) is 23.6. The van der Waals surface area contributed by atoms with E-state index in [-0.39, 0.29) is 17.3 Å². The number of nitrogens with zero attached hydrogens (tertiary/aromatic N) is 2. The van der Waals surface area contributed by atoms with Crippen molar-refractivity contribution < 1.29 is 22.7 Å². The molecule has 214 valence electrons. The minimum absolute atomic E-state index is 0.00850. The van der Waals surface area contributed by atoms with Crippen LogP contribution in [0.15, 0.2) is 77.7 Å². The number of hydrogen-bond donors (Lipinski definition) is 1. The van der Waals surface area contributed by atoms with E-state index < -0.39 is 34.1 Å². The Morgan fingerprint density at radius 1 is 1.00 bits per heavy atom. The smallest absolute Gasteiger partial charge is 0.264 e. The summed E-state index contributed by atoms with van der Waals surface area (Å²) in [6.07, 6.45) is 0. The maximum Gasteiger partial charge on any atom is 0.264 e. The third-order valence-corrected chi connectivity index (χ3v) is 8.24. The summed E-state index contributed by atoms with van der Waals surface area (Å²) in [5.41, 5.74) is 1.23. The maximum atomic E-state index is 14.0. The van der Waals surface area contributed by atoms with Crippen molar-refractivity contribution in [1.82, 2.24) is 10.2 Å². The van der Waals surface area contributed by atoms with Gasteiger partial charge in [0.25, 0.3) is 10.0 Å². The second-order valence-corrected chi connectivity index (χ2v) is 12.8. The molecular weight excluding hydrogens is 550 g/mol. The zero-order chi connectivity index (χ0) is 29.7. The molecule has 1 atom stereocenters. The molecule has 0 aliphatic carbocycles. The maximum absolute atomic E-state index is 14.0. The quantitative estimate of drug-likeness (QED) is 0.353. The molecule has 10 heteroatoms. The number of anilines is 1. The molecule has 8 nitrogen and oxygen atoms in total. The van der Waals surface area contributed by atoms with Gasteiger partial charge in [0.2, 0.25) is 11.8 Å². The summed E-state index contributed by atoms with van der Waals surface area (Å²) in [7, 11) is -2.63. The lowest BCUT2D eigenvalue weighted by Crippen LogP contribution is -2.54. The predicted molar refractivity (Wildman–Crippen MR) is 158 cm³/mol. The van der Waals surface area contributed by atoms with Crippen molar-refractivity contribution in [1.29, 1.82) is 0 Å². The molecule has 40 heavy (non-hydrogen) atoms. The number of benzene rings is 3. The number of nitrogens with one attached hydrogen (secondary N) is 1. The van der Waals surface area contributed by atoms with Crippen LogP contribution in [0.1, 0.15) is 38.8 Å². The molecule has 0 aliphatic rings. The number of amides is 2. The molecule has 3 aromatic carbocycles. The Morgan fingerprint density at radius 3 is 2.25 bits per heavy atom. The molecule has 0 fully saturated rings. The largest absolute Gasteiger partial charge is 0.497 e. The highest BCUT2D eigenvalue weighted by atomic mass is 35.5. The lowest BCUT2D eigenvalue weighted by molar-refractivity contribution is -0.140. The third-order valence-electron chi connectivity index (χ3n) is 6.22. The molecule has 0 heterocycles. The number of para-hydroxylation sites is 1. The Bertz CT molecular complexity index is 1450. The van der Waals surface area contributed by atoms with Crippen LogP contribution in [0.2, 0.25) is 5.02 Å². The van der Waals surface area contributed by atoms with Crippen molar-refractivity contribution >= 4 is 39.1 Å². The van der Waals surface area contributed by atoms with Crippen LogP contribution >= 0.6 is 11.6 Å². The number of sulfonamides is 1. The van der Waals surface area contributed by atoms with Crippen LogP contribution in [0.3, 0.4) is 0 Å². The van der Waals surface area contributed by atoms with Gasteiger partial charge in [-0.1, -0.05) is 41.9 Å². The molecule has 2 amide bonds. The van der Waals surface area contributed by atoms with Gasteiger partial charge in [-0.25, -0.2) is 8.42 Å². The lowest BCUT2D eigenvalue weighted by atomic mass is 10.1. The average Bonchev–Trinajstić information content (AvgIpc) is 2.89. The number of hydrogen-bond acceptors (Lipinski definition) is 5. The second-order valence-electron chi connectivity index (χ2n) is 10.5. The van der Waals surface area contributed by atoms with E-state index in [1.807, 2.05) is 26.8 Å². The molecule has 0 spiro atoms. The van der Waals surface area contributed by atoms with E-state index in [0.29, 0.717) is 22.0 Å². The van der Waals surface area contributed by atoms with E-state index in [0.717, 1.165) is 9.87 Å². The molecule has 0 aromatic heterocycles. The van der Waals surface area contributed by atoms with Crippen molar-refractivity contribution in [3.63, 3.8) is 0 Å². The van der Waals surface area contributed by atoms with Gasteiger partial charge >= 0.3 is 0 Å². The normalized spacial score (nSPS) is 12.4. The van der Waals surface area contributed by atoms with E-state index in [4.69, 9.17) is 16.3 Å². The van der Waals surface area contributed by atoms with Crippen LogP contribution in [-0.2, 0) is 26.2 Å². The van der Waals surface area contributed by atoms with Gasteiger partial charge in [0.1, 0.15) is 18.3 Å². The van der Waals surface area contributed by atoms with Crippen LogP contribution in [0.5, 0.6) is 5.75 Å². The van der Waals surface area contributed by atoms with Gasteiger partial charge in [-0.15, -0.1) is 0 Å². The highest BCUT2D eigenvalue weighted by molar-refractivity contribution is 7.92. The first kappa shape index (κ1) is 31.0. The van der Waals surface area contributed by atoms with Crippen LogP contribution < -0.4 is 14.4 Å². The summed E-state index contributed by atoms with van der Waals surface area (Å²) in [5.74, 6) is -0.296. The molecular formula is C30H36ClN3O5S. The molecule has 3 aromatic rings. The van der Waals surface area contributed by atoms with Gasteiger partial charge in [0.15, 0.2) is 0 Å². The highest BCUT2D eigenvalue weighted by Gasteiger charge is 2.33. The number of methoxy groups -OCH3 is 1. The first-order valence-electron chi connectivity index (χ1n) is 12.8. The predicted octanol–water partition coefficient (Wildman–Crippen LogP) is 5.18. The van der Waals surface area contributed by atoms with Gasteiger partial charge < -0.3 is 15.0 Å². The van der Waals surface area contributed by atoms with Crippen LogP contribution in [0.4, 0.5) is 5.69 Å². The van der Waals surface area contributed by atoms with Gasteiger partial charge in [0, 0.05) is 17.1 Å². The number of rotatable bonds is 10. The third kappa shape index (κ3) is 7.76. The van der Waals surface area contributed by atoms with Crippen LogP contribution in [-0.4, -0.2) is 50.4 Å². The zero-order valence-corrected chi connectivity index (χ0v) is 25.2. The van der Waals surface area contributed by atoms with E-state index in [9.17, 15) is 18.0 Å². The lowest BCUT2D eigenvalue weighted by Gasteiger charge is -2.34. The van der Waals surface area contributed by atoms with Crippen LogP contribution in [0.25, 0.3) is 0 Å². The van der Waals surface area contributed by atoms with E-state index in [1.165, 1.54) is 29.2 Å². The Kier molecular flexibility index (Phi) is 9.87. The van der Waals surface area contributed by atoms with Crippen molar-refractivity contribution in [2.75, 3.05) is 18.0 Å². The molecule has 0 saturated carbocycles. The van der Waals surface area contributed by atoms with Crippen LogP contribution in [0, 0.1) is 6.92 Å². The van der Waals surface area contributed by atoms with Crippen molar-refractivity contribution in [2.24, 2.45) is 0 Å². The average molecular weight is 586 g/mol. The summed E-state index contributed by atoms with van der Waals surface area (Å²) in [5, 5.41) is 3.31. The highest BCUT2D eigenvalue weighted by Crippen LogP contribution is 2.28. The fraction of sp³-hybridized carbons (Fsp3) is 0.333. The van der Waals surface area contributed by atoms with Crippen molar-refractivity contribution in [2.45, 2.75) is 57.6 Å². The molecule has 0 radical (unpaired) electrons. The van der Waals surface area contributed by atoms with Gasteiger partial charge in [-0.05, 0) is 88.2 Å². The Balaban J connectivity index is 2.06. The van der Waals surface area contributed by atoms with Gasteiger partial charge in [-0.2, -0.15) is 0 Å². The summed E-state index contributed by atoms with van der Waals surface area (Å²) in [4.78, 5) is 28.6. The standard InChI is InChI=1S/C30H36ClN3O5S/c1-21-10-7-8-13-27(21)34(40(37,38)26-16-14-24(31)15-17-26)20-28(35)33(22(2)29(36)32-30(3,4)5)19-23-11-9-12-25(18-23)39-6/h7-18,22H,19-20H2,1-6H3,(H,32,36)/t22-/m0/s1. The summed E-state index contributed by atoms with van der Waals surface area (Å²) in [6.45, 7) is 8.51. The van der Waals surface area contributed by atoms with E-state index in [2.05, 4.69) is 5.32 Å². The molecule has 3 rings (SSSR count). The Hall–Kier alpha value is -3.56. The number of carbonyl (C=O) groups excluding carboxylic acids is 2. The molecule has 0 unspecified atom stereocenters. The second kappa shape index (κ2) is 12.7. The summed E-state index contributed by atoms with van der Waals surface area (Å²) in [6, 6.07) is 19.0. The minimum atomic E-state index is -4.17. The SMILES string of the molecule is COc1cccc(CN(C(=O)CN(c2ccccc2C)S(=O)(=O)c2ccc(Cl)cc2)[C@@H](C)C(=O)NC(C)(C)C)c1. The molecule has 0 bridgehead atoms. The minimum Gasteiger partial charge on any atom is -0.497 e. The van der Waals surface area contributed by atoms with E-state index in [1.54, 1.807) is 63.4 Å². The Labute approximate surface area is 241 Å². The summed E-state index contributed by atoms with van der Waals surface area (Å²) >= 11 is 6.00. The van der Waals surface area contributed by atoms with E-state index >= 15 is 0 Å². The molecule has 0 aliphatic heterocycles. The monoisotopic (exact) mass is 585 g/mol. The van der Waals surface area contributed by atoms with Gasteiger partial charge in [0.05, 0.1) is 17.7 Å². The van der Waals surface area contributed by atoms with Crippen molar-refractivity contribution in [3.8, 4) is 5.75 Å². The molecule has 0 saturated heterocycles.